The van der Waals surface area contributed by atoms with Crippen LogP contribution in [0.15, 0.2) is 18.2 Å². The fourth-order valence-electron chi connectivity index (χ4n) is 1.23. The van der Waals surface area contributed by atoms with Crippen LogP contribution in [0.4, 0.5) is 5.69 Å². The molecule has 1 aromatic carbocycles. The van der Waals surface area contributed by atoms with Gasteiger partial charge in [-0.2, -0.15) is 0 Å². The van der Waals surface area contributed by atoms with Crippen LogP contribution >= 0.6 is 22.9 Å². The Hall–Kier alpha value is -0.930. The van der Waals surface area contributed by atoms with Crippen molar-refractivity contribution in [2.45, 2.75) is 5.88 Å². The number of thiophene rings is 1. The Morgan fingerprint density at radius 1 is 1.46 bits per heavy atom. The lowest BCUT2D eigenvalue weighted by atomic mass is 10.2. The van der Waals surface area contributed by atoms with E-state index >= 15 is 0 Å². The molecule has 0 saturated heterocycles. The van der Waals surface area contributed by atoms with Crippen LogP contribution in [0, 0.1) is 0 Å². The number of benzene rings is 1. The molecule has 0 radical (unpaired) electrons. The first-order chi connectivity index (χ1) is 6.22. The number of rotatable bonds is 1. The lowest BCUT2D eigenvalue weighted by molar-refractivity contribution is 0.479. The van der Waals surface area contributed by atoms with E-state index in [2.05, 4.69) is 0 Å². The van der Waals surface area contributed by atoms with Crippen molar-refractivity contribution in [1.82, 2.24) is 0 Å². The summed E-state index contributed by atoms with van der Waals surface area (Å²) in [6, 6.07) is 5.43. The second-order valence-corrected chi connectivity index (χ2v) is 4.17. The van der Waals surface area contributed by atoms with Gasteiger partial charge in [-0.3, -0.25) is 0 Å². The molecule has 2 aromatic rings. The highest BCUT2D eigenvalue weighted by molar-refractivity contribution is 7.19. The number of nitrogen functional groups attached to an aromatic ring is 1. The molecular weight excluding hydrogens is 206 g/mol. The van der Waals surface area contributed by atoms with Gasteiger partial charge in [0.25, 0.3) is 0 Å². The Morgan fingerprint density at radius 3 is 2.92 bits per heavy atom. The van der Waals surface area contributed by atoms with Gasteiger partial charge < -0.3 is 10.8 Å². The highest BCUT2D eigenvalue weighted by Gasteiger charge is 2.06. The maximum Gasteiger partial charge on any atom is 0.139 e. The molecule has 2 rings (SSSR count). The van der Waals surface area contributed by atoms with Crippen molar-refractivity contribution in [3.05, 3.63) is 23.1 Å². The molecule has 0 saturated carbocycles. The highest BCUT2D eigenvalue weighted by Crippen LogP contribution is 2.36. The van der Waals surface area contributed by atoms with Gasteiger partial charge in [0.05, 0.1) is 16.3 Å². The third kappa shape index (κ3) is 1.34. The molecule has 0 aliphatic heterocycles. The van der Waals surface area contributed by atoms with Crippen molar-refractivity contribution in [3.8, 4) is 5.75 Å². The van der Waals surface area contributed by atoms with Crippen molar-refractivity contribution in [1.29, 1.82) is 0 Å². The number of fused-ring (bicyclic) bond motifs is 1. The van der Waals surface area contributed by atoms with E-state index in [0.717, 1.165) is 15.0 Å². The topological polar surface area (TPSA) is 46.2 Å². The lowest BCUT2D eigenvalue weighted by Crippen LogP contribution is -1.84. The summed E-state index contributed by atoms with van der Waals surface area (Å²) < 4.78 is 0.913. The summed E-state index contributed by atoms with van der Waals surface area (Å²) in [4.78, 5) is 1.06. The Balaban J connectivity index is 2.76. The molecule has 4 heteroatoms. The fourth-order valence-corrected chi connectivity index (χ4v) is 2.44. The average Bonchev–Trinajstić information content (AvgIpc) is 2.55. The zero-order valence-corrected chi connectivity index (χ0v) is 8.32. The molecule has 0 fully saturated rings. The monoisotopic (exact) mass is 213 g/mol. The fraction of sp³-hybridized carbons (Fsp3) is 0.111. The second-order valence-electron chi connectivity index (χ2n) is 2.76. The van der Waals surface area contributed by atoms with Gasteiger partial charge in [-0.15, -0.1) is 22.9 Å². The summed E-state index contributed by atoms with van der Waals surface area (Å²) in [7, 11) is 0. The second kappa shape index (κ2) is 3.09. The van der Waals surface area contributed by atoms with Crippen LogP contribution in [0.3, 0.4) is 0 Å². The molecule has 13 heavy (non-hydrogen) atoms. The Labute approximate surface area is 84.6 Å². The van der Waals surface area contributed by atoms with Crippen molar-refractivity contribution in [2.75, 3.05) is 5.73 Å². The molecular formula is C9H8ClNOS. The predicted octanol–water partition coefficient (Wildman–Crippen LogP) is 2.93. The maximum atomic E-state index is 9.35. The van der Waals surface area contributed by atoms with Crippen molar-refractivity contribution >= 4 is 38.7 Å². The van der Waals surface area contributed by atoms with Gasteiger partial charge in [0.1, 0.15) is 5.75 Å². The van der Waals surface area contributed by atoms with Crippen molar-refractivity contribution < 1.29 is 5.11 Å². The number of aromatic hydroxyl groups is 1. The average molecular weight is 214 g/mol. The molecule has 1 aromatic heterocycles. The zero-order chi connectivity index (χ0) is 9.42. The molecule has 2 nitrogen and oxygen atoms in total. The van der Waals surface area contributed by atoms with Gasteiger partial charge in [0.15, 0.2) is 0 Å². The van der Waals surface area contributed by atoms with E-state index in [1.165, 1.54) is 11.3 Å². The molecule has 1 heterocycles. The maximum absolute atomic E-state index is 9.35. The van der Waals surface area contributed by atoms with Crippen molar-refractivity contribution in [2.24, 2.45) is 0 Å². The van der Waals surface area contributed by atoms with Crippen LogP contribution in [0.25, 0.3) is 10.1 Å². The standard InChI is InChI=1S/C9H8ClNOS/c10-4-6-3-5-1-2-7(12)8(11)9(5)13-6/h1-3,12H,4,11H2. The first-order valence-corrected chi connectivity index (χ1v) is 5.13. The van der Waals surface area contributed by atoms with E-state index in [-0.39, 0.29) is 5.75 Å². The summed E-state index contributed by atoms with van der Waals surface area (Å²) in [5, 5.41) is 10.4. The van der Waals surface area contributed by atoms with Crippen LogP contribution in [-0.4, -0.2) is 5.11 Å². The minimum atomic E-state index is 0.135. The smallest absolute Gasteiger partial charge is 0.139 e. The number of phenols is 1. The number of alkyl halides is 1. The van der Waals surface area contributed by atoms with Crippen LogP contribution in [0.2, 0.25) is 0 Å². The number of halogens is 1. The van der Waals surface area contributed by atoms with E-state index in [0.29, 0.717) is 11.6 Å². The summed E-state index contributed by atoms with van der Waals surface area (Å²) in [5.41, 5.74) is 6.15. The molecule has 68 valence electrons. The zero-order valence-electron chi connectivity index (χ0n) is 6.75. The van der Waals surface area contributed by atoms with Gasteiger partial charge in [-0.25, -0.2) is 0 Å². The third-order valence-electron chi connectivity index (χ3n) is 1.88. The summed E-state index contributed by atoms with van der Waals surface area (Å²) >= 11 is 7.22. The highest BCUT2D eigenvalue weighted by atomic mass is 35.5. The van der Waals surface area contributed by atoms with Crippen LogP contribution in [0.1, 0.15) is 4.88 Å². The molecule has 0 aliphatic rings. The number of hydrogen-bond acceptors (Lipinski definition) is 3. The van der Waals surface area contributed by atoms with Crippen LogP contribution < -0.4 is 5.73 Å². The van der Waals surface area contributed by atoms with E-state index in [1.807, 2.05) is 12.1 Å². The van der Waals surface area contributed by atoms with Crippen LogP contribution in [0.5, 0.6) is 5.75 Å². The quantitative estimate of drug-likeness (QED) is 0.435. The molecule has 0 atom stereocenters. The van der Waals surface area contributed by atoms with E-state index in [4.69, 9.17) is 17.3 Å². The molecule has 0 unspecified atom stereocenters. The van der Waals surface area contributed by atoms with E-state index in [9.17, 15) is 5.11 Å². The SMILES string of the molecule is Nc1c(O)ccc2cc(CCl)sc12. The predicted molar refractivity (Wildman–Crippen MR) is 57.5 cm³/mol. The minimum Gasteiger partial charge on any atom is -0.506 e. The van der Waals surface area contributed by atoms with Crippen molar-refractivity contribution in [3.63, 3.8) is 0 Å². The first kappa shape index (κ1) is 8.66. The first-order valence-electron chi connectivity index (χ1n) is 3.78. The van der Waals surface area contributed by atoms with E-state index in [1.54, 1.807) is 6.07 Å². The molecule has 0 amide bonds. The summed E-state index contributed by atoms with van der Waals surface area (Å²) in [6.07, 6.45) is 0. The number of nitrogens with two attached hydrogens (primary N) is 1. The largest absolute Gasteiger partial charge is 0.506 e. The Kier molecular flexibility index (Phi) is 2.06. The number of hydrogen-bond donors (Lipinski definition) is 2. The Bertz CT molecular complexity index is 452. The Morgan fingerprint density at radius 2 is 2.23 bits per heavy atom. The van der Waals surface area contributed by atoms with Gasteiger partial charge in [0.2, 0.25) is 0 Å². The molecule has 0 aliphatic carbocycles. The molecule has 0 bridgehead atoms. The van der Waals surface area contributed by atoms with Gasteiger partial charge in [-0.1, -0.05) is 0 Å². The molecule has 3 N–H and O–H groups in total. The summed E-state index contributed by atoms with van der Waals surface area (Å²) in [5.74, 6) is 0.620. The lowest BCUT2D eigenvalue weighted by Gasteiger charge is -1.97. The third-order valence-corrected chi connectivity index (χ3v) is 3.52. The van der Waals surface area contributed by atoms with Gasteiger partial charge in [0, 0.05) is 4.88 Å². The number of anilines is 1. The number of phenolic OH excluding ortho intramolecular Hbond substituents is 1. The van der Waals surface area contributed by atoms with E-state index < -0.39 is 0 Å². The van der Waals surface area contributed by atoms with Gasteiger partial charge in [-0.05, 0) is 23.6 Å². The minimum absolute atomic E-state index is 0.135. The molecule has 0 spiro atoms. The summed E-state index contributed by atoms with van der Waals surface area (Å²) in [6.45, 7) is 0. The normalized spacial score (nSPS) is 10.8. The van der Waals surface area contributed by atoms with Crippen LogP contribution in [-0.2, 0) is 5.88 Å². The van der Waals surface area contributed by atoms with Gasteiger partial charge >= 0.3 is 0 Å².